The highest BCUT2D eigenvalue weighted by Gasteiger charge is 2.14. The van der Waals surface area contributed by atoms with Crippen LogP contribution in [-0.4, -0.2) is 0 Å². The highest BCUT2D eigenvalue weighted by atomic mass is 14.2. The van der Waals surface area contributed by atoms with Crippen molar-refractivity contribution in [1.29, 1.82) is 0 Å². The summed E-state index contributed by atoms with van der Waals surface area (Å²) in [6.45, 7) is 4.57. The van der Waals surface area contributed by atoms with Gasteiger partial charge in [-0.15, -0.1) is 0 Å². The second-order valence-corrected chi connectivity index (χ2v) is 5.23. The largest absolute Gasteiger partial charge is 0.0805 e. The molecular formula is C18H18. The van der Waals surface area contributed by atoms with Crippen molar-refractivity contribution in [3.05, 3.63) is 66.3 Å². The third kappa shape index (κ3) is 1.88. The van der Waals surface area contributed by atoms with Gasteiger partial charge in [0.1, 0.15) is 0 Å². The Morgan fingerprint density at radius 2 is 1.61 bits per heavy atom. The summed E-state index contributed by atoms with van der Waals surface area (Å²) in [5.41, 5.74) is 2.71. The molecular weight excluding hydrogens is 216 g/mol. The van der Waals surface area contributed by atoms with Gasteiger partial charge in [0.25, 0.3) is 0 Å². The molecule has 2 unspecified atom stereocenters. The quantitative estimate of drug-likeness (QED) is 0.646. The lowest BCUT2D eigenvalue weighted by Crippen LogP contribution is -2.06. The van der Waals surface area contributed by atoms with Gasteiger partial charge in [0.2, 0.25) is 0 Å². The van der Waals surface area contributed by atoms with Crippen molar-refractivity contribution >= 4 is 16.3 Å². The first-order valence-electron chi connectivity index (χ1n) is 6.64. The van der Waals surface area contributed by atoms with Gasteiger partial charge in [-0.3, -0.25) is 0 Å². The summed E-state index contributed by atoms with van der Waals surface area (Å²) in [5, 5.41) is 2.66. The minimum Gasteiger partial charge on any atom is -0.0805 e. The zero-order valence-corrected chi connectivity index (χ0v) is 10.9. The molecule has 0 heterocycles. The van der Waals surface area contributed by atoms with Crippen molar-refractivity contribution in [1.82, 2.24) is 0 Å². The van der Waals surface area contributed by atoms with E-state index in [-0.39, 0.29) is 0 Å². The molecule has 0 aliphatic heterocycles. The minimum atomic E-state index is 0.615. The van der Waals surface area contributed by atoms with E-state index in [1.54, 1.807) is 0 Å². The number of hydrogen-bond donors (Lipinski definition) is 0. The third-order valence-corrected chi connectivity index (χ3v) is 3.95. The van der Waals surface area contributed by atoms with E-state index < -0.39 is 0 Å². The molecule has 0 aromatic heterocycles. The SMILES string of the molecule is CC1C=CC(c2cccc3ccccc23)=CC1C. The lowest BCUT2D eigenvalue weighted by atomic mass is 9.85. The fourth-order valence-corrected chi connectivity index (χ4v) is 2.58. The fraction of sp³-hybridized carbons (Fsp3) is 0.222. The Kier molecular flexibility index (Phi) is 2.79. The van der Waals surface area contributed by atoms with Crippen molar-refractivity contribution < 1.29 is 0 Å². The summed E-state index contributed by atoms with van der Waals surface area (Å²) >= 11 is 0. The predicted octanol–water partition coefficient (Wildman–Crippen LogP) is 5.07. The maximum atomic E-state index is 2.40. The van der Waals surface area contributed by atoms with Crippen molar-refractivity contribution in [2.75, 3.05) is 0 Å². The zero-order valence-electron chi connectivity index (χ0n) is 10.9. The summed E-state index contributed by atoms with van der Waals surface area (Å²) in [4.78, 5) is 0. The monoisotopic (exact) mass is 234 g/mol. The van der Waals surface area contributed by atoms with E-state index in [0.29, 0.717) is 11.8 Å². The molecule has 1 aliphatic rings. The third-order valence-electron chi connectivity index (χ3n) is 3.95. The molecule has 0 spiro atoms. The standard InChI is InChI=1S/C18H18/c1-13-10-11-16(12-14(13)2)18-9-5-7-15-6-3-4-8-17(15)18/h3-14H,1-2H3. The van der Waals surface area contributed by atoms with Crippen LogP contribution in [0.5, 0.6) is 0 Å². The van der Waals surface area contributed by atoms with Gasteiger partial charge in [0, 0.05) is 0 Å². The number of allylic oxidation sites excluding steroid dienone is 4. The lowest BCUT2D eigenvalue weighted by molar-refractivity contribution is 0.554. The summed E-state index contributed by atoms with van der Waals surface area (Å²) in [6, 6.07) is 15.2. The molecule has 2 aromatic rings. The Morgan fingerprint density at radius 1 is 0.833 bits per heavy atom. The second-order valence-electron chi connectivity index (χ2n) is 5.23. The van der Waals surface area contributed by atoms with Gasteiger partial charge >= 0.3 is 0 Å². The molecule has 18 heavy (non-hydrogen) atoms. The highest BCUT2D eigenvalue weighted by molar-refractivity contribution is 5.96. The smallest absolute Gasteiger partial charge is 0.0106 e. The summed E-state index contributed by atoms with van der Waals surface area (Å²) < 4.78 is 0. The first-order chi connectivity index (χ1) is 8.75. The Labute approximate surface area is 109 Å². The Balaban J connectivity index is 2.16. The molecule has 0 heteroatoms. The van der Waals surface area contributed by atoms with E-state index in [4.69, 9.17) is 0 Å². The van der Waals surface area contributed by atoms with Crippen molar-refractivity contribution in [2.45, 2.75) is 13.8 Å². The summed E-state index contributed by atoms with van der Waals surface area (Å²) in [7, 11) is 0. The van der Waals surface area contributed by atoms with Crippen molar-refractivity contribution in [3.8, 4) is 0 Å². The van der Waals surface area contributed by atoms with Crippen LogP contribution in [-0.2, 0) is 0 Å². The number of fused-ring (bicyclic) bond motifs is 1. The van der Waals surface area contributed by atoms with Gasteiger partial charge in [0.15, 0.2) is 0 Å². The molecule has 0 amide bonds. The van der Waals surface area contributed by atoms with E-state index in [2.05, 4.69) is 74.5 Å². The van der Waals surface area contributed by atoms with Crippen LogP contribution in [0.3, 0.4) is 0 Å². The van der Waals surface area contributed by atoms with Crippen LogP contribution in [0.2, 0.25) is 0 Å². The molecule has 0 radical (unpaired) electrons. The summed E-state index contributed by atoms with van der Waals surface area (Å²) in [5.74, 6) is 1.26. The molecule has 1 aliphatic carbocycles. The average Bonchev–Trinajstić information content (AvgIpc) is 2.41. The zero-order chi connectivity index (χ0) is 12.5. The molecule has 0 fully saturated rings. The number of benzene rings is 2. The highest BCUT2D eigenvalue weighted by Crippen LogP contribution is 2.31. The molecule has 3 rings (SSSR count). The normalized spacial score (nSPS) is 23.1. The molecule has 0 saturated carbocycles. The van der Waals surface area contributed by atoms with Gasteiger partial charge in [-0.05, 0) is 33.7 Å². The Hall–Kier alpha value is -1.82. The molecule has 0 N–H and O–H groups in total. The van der Waals surface area contributed by atoms with Crippen LogP contribution >= 0.6 is 0 Å². The van der Waals surface area contributed by atoms with Crippen LogP contribution in [0.4, 0.5) is 0 Å². The predicted molar refractivity (Wildman–Crippen MR) is 79.4 cm³/mol. The van der Waals surface area contributed by atoms with Crippen LogP contribution in [0.15, 0.2) is 60.7 Å². The number of hydrogen-bond acceptors (Lipinski definition) is 0. The van der Waals surface area contributed by atoms with Gasteiger partial charge in [-0.25, -0.2) is 0 Å². The van der Waals surface area contributed by atoms with Crippen LogP contribution in [0.1, 0.15) is 19.4 Å². The van der Waals surface area contributed by atoms with Crippen molar-refractivity contribution in [3.63, 3.8) is 0 Å². The van der Waals surface area contributed by atoms with Gasteiger partial charge in [0.05, 0.1) is 0 Å². The molecule has 2 atom stereocenters. The van der Waals surface area contributed by atoms with E-state index in [1.807, 2.05) is 0 Å². The van der Waals surface area contributed by atoms with Crippen molar-refractivity contribution in [2.24, 2.45) is 11.8 Å². The van der Waals surface area contributed by atoms with Crippen LogP contribution in [0.25, 0.3) is 16.3 Å². The van der Waals surface area contributed by atoms with E-state index in [0.717, 1.165) is 0 Å². The van der Waals surface area contributed by atoms with Gasteiger partial charge in [-0.2, -0.15) is 0 Å². The first-order valence-corrected chi connectivity index (χ1v) is 6.64. The Bertz CT molecular complexity index is 626. The maximum absolute atomic E-state index is 2.40. The first kappa shape index (κ1) is 11.3. The fourth-order valence-electron chi connectivity index (χ4n) is 2.58. The minimum absolute atomic E-state index is 0.615. The molecule has 2 aromatic carbocycles. The van der Waals surface area contributed by atoms with E-state index >= 15 is 0 Å². The molecule has 90 valence electrons. The Morgan fingerprint density at radius 3 is 2.44 bits per heavy atom. The molecule has 0 saturated heterocycles. The van der Waals surface area contributed by atoms with Crippen LogP contribution in [0, 0.1) is 11.8 Å². The molecule has 0 nitrogen and oxygen atoms in total. The van der Waals surface area contributed by atoms with Crippen LogP contribution < -0.4 is 0 Å². The second kappa shape index (κ2) is 4.45. The summed E-state index contributed by atoms with van der Waals surface area (Å²) in [6.07, 6.45) is 6.99. The lowest BCUT2D eigenvalue weighted by Gasteiger charge is -2.20. The topological polar surface area (TPSA) is 0 Å². The van der Waals surface area contributed by atoms with E-state index in [1.165, 1.54) is 21.9 Å². The van der Waals surface area contributed by atoms with E-state index in [9.17, 15) is 0 Å². The molecule has 0 bridgehead atoms. The average molecular weight is 234 g/mol. The van der Waals surface area contributed by atoms with Gasteiger partial charge in [-0.1, -0.05) is 74.5 Å². The number of rotatable bonds is 1. The maximum Gasteiger partial charge on any atom is -0.0106 e. The van der Waals surface area contributed by atoms with Gasteiger partial charge < -0.3 is 0 Å².